The molecule has 0 radical (unpaired) electrons. The van der Waals surface area contributed by atoms with E-state index >= 15 is 0 Å². The highest BCUT2D eigenvalue weighted by Gasteiger charge is 2.18. The highest BCUT2D eigenvalue weighted by atomic mass is 79.9. The van der Waals surface area contributed by atoms with Crippen LogP contribution in [0.3, 0.4) is 0 Å². The Morgan fingerprint density at radius 1 is 1.64 bits per heavy atom. The van der Waals surface area contributed by atoms with Gasteiger partial charge in [-0.2, -0.15) is 0 Å². The number of halogens is 2. The van der Waals surface area contributed by atoms with E-state index in [1.807, 2.05) is 5.09 Å². The second-order valence-corrected chi connectivity index (χ2v) is 7.03. The van der Waals surface area contributed by atoms with Crippen LogP contribution in [-0.2, 0) is 4.57 Å². The van der Waals surface area contributed by atoms with Crippen LogP contribution in [0.15, 0.2) is 9.85 Å². The van der Waals surface area contributed by atoms with Crippen LogP contribution in [0.1, 0.15) is 10.4 Å². The van der Waals surface area contributed by atoms with Gasteiger partial charge in [0.2, 0.25) is 0 Å². The summed E-state index contributed by atoms with van der Waals surface area (Å²) in [6.07, 6.45) is 0. The molecule has 0 spiro atoms. The molecule has 5 N–H and O–H groups in total. The lowest BCUT2D eigenvalue weighted by atomic mass is 10.3. The van der Waals surface area contributed by atoms with Gasteiger partial charge in [0.15, 0.2) is 0 Å². The smallest absolute Gasteiger partial charge is 0.279 e. The highest BCUT2D eigenvalue weighted by molar-refractivity contribution is 9.11. The Balaban J connectivity index is 2.90. The molecule has 0 unspecified atom stereocenters. The molecule has 14 heavy (non-hydrogen) atoms. The van der Waals surface area contributed by atoms with Gasteiger partial charge in [-0.05, 0) is 22.0 Å². The maximum Gasteiger partial charge on any atom is 0.300 e. The second-order valence-electron chi connectivity index (χ2n) is 2.39. The summed E-state index contributed by atoms with van der Waals surface area (Å²) in [5, 5.41) is 1.98. The SMILES string of the molecule is NP(N)(=O)NC(=O)c1cc(Cl)sc1Br. The number of hydrogen-bond donors (Lipinski definition) is 3. The van der Waals surface area contributed by atoms with Crippen molar-refractivity contribution < 1.29 is 9.36 Å². The Morgan fingerprint density at radius 2 is 2.21 bits per heavy atom. The summed E-state index contributed by atoms with van der Waals surface area (Å²) in [7, 11) is -3.56. The molecule has 1 amide bonds. The predicted octanol–water partition coefficient (Wildman–Crippen LogP) is 1.92. The average Bonchev–Trinajstić information content (AvgIpc) is 2.26. The summed E-state index contributed by atoms with van der Waals surface area (Å²) in [4.78, 5) is 11.4. The molecular weight excluding hydrogens is 312 g/mol. The van der Waals surface area contributed by atoms with E-state index in [4.69, 9.17) is 22.6 Å². The third-order valence-corrected chi connectivity index (χ3v) is 3.70. The Hall–Kier alpha value is 0.0900. The Morgan fingerprint density at radius 3 is 2.57 bits per heavy atom. The van der Waals surface area contributed by atoms with Crippen molar-refractivity contribution in [1.29, 1.82) is 0 Å². The van der Waals surface area contributed by atoms with Gasteiger partial charge in [0.25, 0.3) is 5.91 Å². The molecule has 0 saturated heterocycles. The van der Waals surface area contributed by atoms with Gasteiger partial charge in [-0.15, -0.1) is 11.3 Å². The van der Waals surface area contributed by atoms with E-state index < -0.39 is 13.5 Å². The first kappa shape index (κ1) is 12.2. The lowest BCUT2D eigenvalue weighted by Gasteiger charge is -2.07. The molecule has 0 aliphatic heterocycles. The number of thiophene rings is 1. The molecule has 0 aliphatic carbocycles. The molecule has 1 rings (SSSR count). The number of nitrogens with two attached hydrogens (primary N) is 2. The van der Waals surface area contributed by atoms with Crippen LogP contribution in [0.2, 0.25) is 4.34 Å². The number of nitrogens with one attached hydrogen (secondary N) is 1. The summed E-state index contributed by atoms with van der Waals surface area (Å²) in [5.41, 5.74) is 10.2. The highest BCUT2D eigenvalue weighted by Crippen LogP contribution is 2.32. The normalized spacial score (nSPS) is 11.4. The van der Waals surface area contributed by atoms with Crippen molar-refractivity contribution in [3.8, 4) is 0 Å². The number of carbonyl (C=O) groups excluding carboxylic acids is 1. The molecule has 1 aromatic rings. The number of rotatable bonds is 2. The summed E-state index contributed by atoms with van der Waals surface area (Å²) in [5.74, 6) is -0.617. The molecule has 0 atom stereocenters. The zero-order chi connectivity index (χ0) is 10.9. The zero-order valence-corrected chi connectivity index (χ0v) is 10.7. The quantitative estimate of drug-likeness (QED) is 0.726. The minimum atomic E-state index is -3.56. The third kappa shape index (κ3) is 3.34. The van der Waals surface area contributed by atoms with E-state index in [0.717, 1.165) is 0 Å². The first-order valence-corrected chi connectivity index (χ1v) is 7.07. The minimum Gasteiger partial charge on any atom is -0.279 e. The molecule has 0 aromatic carbocycles. The third-order valence-electron chi connectivity index (χ3n) is 1.18. The van der Waals surface area contributed by atoms with Gasteiger partial charge in [0.1, 0.15) is 0 Å². The van der Waals surface area contributed by atoms with Gasteiger partial charge in [0, 0.05) is 0 Å². The van der Waals surface area contributed by atoms with Crippen molar-refractivity contribution in [2.45, 2.75) is 0 Å². The second kappa shape index (κ2) is 4.30. The fourth-order valence-electron chi connectivity index (χ4n) is 0.714. The number of hydrogen-bond acceptors (Lipinski definition) is 3. The Kier molecular flexibility index (Phi) is 3.74. The minimum absolute atomic E-state index is 0.260. The molecule has 0 saturated carbocycles. The molecule has 0 bridgehead atoms. The van der Waals surface area contributed by atoms with Crippen LogP contribution >= 0.6 is 46.5 Å². The maximum absolute atomic E-state index is 11.4. The van der Waals surface area contributed by atoms with Crippen LogP contribution in [-0.4, -0.2) is 5.91 Å². The average molecular weight is 319 g/mol. The fraction of sp³-hybridized carbons (Fsp3) is 0. The van der Waals surface area contributed by atoms with Crippen molar-refractivity contribution in [2.75, 3.05) is 0 Å². The first-order valence-electron chi connectivity index (χ1n) is 3.24. The number of carbonyl (C=O) groups is 1. The van der Waals surface area contributed by atoms with E-state index in [0.29, 0.717) is 8.12 Å². The summed E-state index contributed by atoms with van der Waals surface area (Å²) < 4.78 is 11.9. The van der Waals surface area contributed by atoms with Gasteiger partial charge in [-0.3, -0.25) is 25.5 Å². The van der Waals surface area contributed by atoms with Crippen LogP contribution in [0, 0.1) is 0 Å². The van der Waals surface area contributed by atoms with E-state index in [9.17, 15) is 9.36 Å². The standard InChI is InChI=1S/C5H6BrClN3O2PS/c6-4-2(1-3(7)14-4)5(11)10-13(8,9)12/h1H,(H5,8,9,10,11,12). The maximum atomic E-state index is 11.4. The van der Waals surface area contributed by atoms with Crippen LogP contribution in [0.25, 0.3) is 0 Å². The van der Waals surface area contributed by atoms with Gasteiger partial charge in [0.05, 0.1) is 13.7 Å². The molecule has 5 nitrogen and oxygen atoms in total. The Bertz CT molecular complexity index is 417. The lowest BCUT2D eigenvalue weighted by Crippen LogP contribution is -2.28. The molecule has 1 heterocycles. The first-order chi connectivity index (χ1) is 6.29. The van der Waals surface area contributed by atoms with Crippen molar-refractivity contribution in [1.82, 2.24) is 5.09 Å². The zero-order valence-electron chi connectivity index (χ0n) is 6.66. The van der Waals surface area contributed by atoms with Gasteiger partial charge in [-0.25, -0.2) is 0 Å². The molecule has 9 heteroatoms. The monoisotopic (exact) mass is 317 g/mol. The molecule has 0 aliphatic rings. The molecule has 1 aromatic heterocycles. The van der Waals surface area contributed by atoms with Gasteiger partial charge >= 0.3 is 7.59 Å². The molecule has 78 valence electrons. The summed E-state index contributed by atoms with van der Waals surface area (Å²) >= 11 is 9.96. The number of amides is 1. The van der Waals surface area contributed by atoms with Crippen LogP contribution in [0.4, 0.5) is 0 Å². The van der Waals surface area contributed by atoms with E-state index in [1.54, 1.807) is 0 Å². The molecular formula is C5H6BrClN3O2PS. The van der Waals surface area contributed by atoms with E-state index in [2.05, 4.69) is 15.9 Å². The molecule has 0 fully saturated rings. The van der Waals surface area contributed by atoms with E-state index in [1.165, 1.54) is 17.4 Å². The summed E-state index contributed by atoms with van der Waals surface area (Å²) in [6, 6.07) is 1.43. The van der Waals surface area contributed by atoms with E-state index in [-0.39, 0.29) is 5.56 Å². The van der Waals surface area contributed by atoms with Gasteiger partial charge < -0.3 is 0 Å². The Labute approximate surface area is 97.5 Å². The van der Waals surface area contributed by atoms with Crippen molar-refractivity contribution in [3.05, 3.63) is 19.8 Å². The van der Waals surface area contributed by atoms with Crippen LogP contribution < -0.4 is 16.1 Å². The van der Waals surface area contributed by atoms with Crippen LogP contribution in [0.5, 0.6) is 0 Å². The largest absolute Gasteiger partial charge is 0.300 e. The van der Waals surface area contributed by atoms with Crippen molar-refractivity contribution in [2.24, 2.45) is 11.0 Å². The summed E-state index contributed by atoms with van der Waals surface area (Å²) in [6.45, 7) is 0. The predicted molar refractivity (Wildman–Crippen MR) is 60.5 cm³/mol. The topological polar surface area (TPSA) is 98.2 Å². The lowest BCUT2D eigenvalue weighted by molar-refractivity contribution is 0.0980. The fourth-order valence-corrected chi connectivity index (χ4v) is 3.20. The van der Waals surface area contributed by atoms with Gasteiger partial charge in [-0.1, -0.05) is 11.6 Å². The van der Waals surface area contributed by atoms with Crippen molar-refractivity contribution in [3.63, 3.8) is 0 Å². The van der Waals surface area contributed by atoms with Crippen molar-refractivity contribution >= 4 is 52.4 Å².